The molecule has 0 aromatic heterocycles. The number of rotatable bonds is 9. The quantitative estimate of drug-likeness (QED) is 0.450. The third-order valence-corrected chi connectivity index (χ3v) is 1.34. The summed E-state index contributed by atoms with van der Waals surface area (Å²) in [5.74, 6) is 0. The van der Waals surface area contributed by atoms with Crippen molar-refractivity contribution in [3.05, 3.63) is 0 Å². The van der Waals surface area contributed by atoms with Crippen LogP contribution in [0.3, 0.4) is 0 Å². The maximum absolute atomic E-state index is 9.99. The number of nitrogens with one attached hydrogen (secondary N) is 1. The lowest BCUT2D eigenvalue weighted by molar-refractivity contribution is 0.0437. The number of carboxylic acid groups (broad SMARTS) is 1. The van der Waals surface area contributed by atoms with Crippen molar-refractivity contribution in [2.24, 2.45) is 0 Å². The molecule has 0 radical (unpaired) electrons. The standard InChI is InChI=1S/C8H17NO5/c10-3-1-4-13-6-7-14-5-2-9-8(11)12/h9-10H,1-7H2,(H,11,12). The molecule has 14 heavy (non-hydrogen) atoms. The fourth-order valence-corrected chi connectivity index (χ4v) is 0.719. The molecule has 84 valence electrons. The van der Waals surface area contributed by atoms with E-state index in [1.54, 1.807) is 0 Å². The van der Waals surface area contributed by atoms with Gasteiger partial charge in [-0.25, -0.2) is 4.79 Å². The van der Waals surface area contributed by atoms with Crippen molar-refractivity contribution in [2.75, 3.05) is 39.6 Å². The summed E-state index contributed by atoms with van der Waals surface area (Å²) in [4.78, 5) is 9.99. The second kappa shape index (κ2) is 10.2. The SMILES string of the molecule is O=C(O)NCCOCCOCCCO. The summed E-state index contributed by atoms with van der Waals surface area (Å²) in [6.07, 6.45) is -0.423. The highest BCUT2D eigenvalue weighted by molar-refractivity contribution is 5.64. The van der Waals surface area contributed by atoms with E-state index in [1.807, 2.05) is 0 Å². The van der Waals surface area contributed by atoms with E-state index in [-0.39, 0.29) is 13.2 Å². The van der Waals surface area contributed by atoms with Gasteiger partial charge in [-0.05, 0) is 6.42 Å². The molecule has 0 aromatic rings. The first-order chi connectivity index (χ1) is 6.77. The van der Waals surface area contributed by atoms with Crippen molar-refractivity contribution in [3.8, 4) is 0 Å². The summed E-state index contributed by atoms with van der Waals surface area (Å²) >= 11 is 0. The number of hydrogen-bond acceptors (Lipinski definition) is 4. The first kappa shape index (κ1) is 13.2. The minimum Gasteiger partial charge on any atom is -0.465 e. The molecule has 0 bridgehead atoms. The summed E-state index contributed by atoms with van der Waals surface area (Å²) < 4.78 is 10.1. The molecule has 0 spiro atoms. The van der Waals surface area contributed by atoms with Gasteiger partial charge in [0.05, 0.1) is 19.8 Å². The second-order valence-electron chi connectivity index (χ2n) is 2.53. The van der Waals surface area contributed by atoms with Crippen molar-refractivity contribution in [3.63, 3.8) is 0 Å². The van der Waals surface area contributed by atoms with Crippen LogP contribution in [0.1, 0.15) is 6.42 Å². The normalized spacial score (nSPS) is 10.1. The molecule has 6 heteroatoms. The fourth-order valence-electron chi connectivity index (χ4n) is 0.719. The van der Waals surface area contributed by atoms with Crippen LogP contribution in [0.2, 0.25) is 0 Å². The van der Waals surface area contributed by atoms with Crippen molar-refractivity contribution in [1.82, 2.24) is 5.32 Å². The van der Waals surface area contributed by atoms with Gasteiger partial charge in [0.15, 0.2) is 0 Å². The zero-order valence-electron chi connectivity index (χ0n) is 8.07. The summed E-state index contributed by atoms with van der Waals surface area (Å²) in [7, 11) is 0. The van der Waals surface area contributed by atoms with Crippen LogP contribution < -0.4 is 5.32 Å². The van der Waals surface area contributed by atoms with Crippen molar-refractivity contribution < 1.29 is 24.5 Å². The minimum absolute atomic E-state index is 0.128. The number of amides is 1. The number of aliphatic hydroxyl groups excluding tert-OH is 1. The number of ether oxygens (including phenoxy) is 2. The third-order valence-electron chi connectivity index (χ3n) is 1.34. The van der Waals surface area contributed by atoms with Gasteiger partial charge in [-0.15, -0.1) is 0 Å². The van der Waals surface area contributed by atoms with Crippen LogP contribution in [0.15, 0.2) is 0 Å². The van der Waals surface area contributed by atoms with E-state index >= 15 is 0 Å². The molecular weight excluding hydrogens is 190 g/mol. The first-order valence-electron chi connectivity index (χ1n) is 4.50. The van der Waals surface area contributed by atoms with Crippen molar-refractivity contribution in [2.45, 2.75) is 6.42 Å². The Bertz CT molecular complexity index is 142. The average Bonchev–Trinajstić information content (AvgIpc) is 2.15. The smallest absolute Gasteiger partial charge is 0.404 e. The van der Waals surface area contributed by atoms with Gasteiger partial charge in [0.1, 0.15) is 0 Å². The second-order valence-corrected chi connectivity index (χ2v) is 2.53. The van der Waals surface area contributed by atoms with Gasteiger partial charge >= 0.3 is 6.09 Å². The fraction of sp³-hybridized carbons (Fsp3) is 0.875. The van der Waals surface area contributed by atoms with Crippen molar-refractivity contribution in [1.29, 1.82) is 0 Å². The van der Waals surface area contributed by atoms with E-state index in [0.29, 0.717) is 32.8 Å². The van der Waals surface area contributed by atoms with Crippen LogP contribution in [0.4, 0.5) is 4.79 Å². The molecule has 0 unspecified atom stereocenters. The molecule has 0 rings (SSSR count). The van der Waals surface area contributed by atoms with Gasteiger partial charge in [0.25, 0.3) is 0 Å². The van der Waals surface area contributed by atoms with E-state index < -0.39 is 6.09 Å². The number of aliphatic hydroxyl groups is 1. The van der Waals surface area contributed by atoms with Crippen LogP contribution in [0, 0.1) is 0 Å². The first-order valence-corrected chi connectivity index (χ1v) is 4.50. The lowest BCUT2D eigenvalue weighted by Crippen LogP contribution is -2.25. The molecular formula is C8H17NO5. The maximum Gasteiger partial charge on any atom is 0.404 e. The van der Waals surface area contributed by atoms with Crippen LogP contribution in [0.5, 0.6) is 0 Å². The molecule has 0 aliphatic carbocycles. The average molecular weight is 207 g/mol. The molecule has 0 saturated carbocycles. The zero-order valence-corrected chi connectivity index (χ0v) is 8.07. The Morgan fingerprint density at radius 2 is 1.79 bits per heavy atom. The van der Waals surface area contributed by atoms with E-state index in [1.165, 1.54) is 0 Å². The number of carbonyl (C=O) groups is 1. The molecule has 0 aliphatic heterocycles. The molecule has 1 amide bonds. The van der Waals surface area contributed by atoms with Gasteiger partial charge in [-0.2, -0.15) is 0 Å². The van der Waals surface area contributed by atoms with Gasteiger partial charge < -0.3 is 25.0 Å². The summed E-state index contributed by atoms with van der Waals surface area (Å²) in [6, 6.07) is 0. The van der Waals surface area contributed by atoms with Gasteiger partial charge in [0.2, 0.25) is 0 Å². The Labute approximate surface area is 82.8 Å². The molecule has 6 nitrogen and oxygen atoms in total. The van der Waals surface area contributed by atoms with Gasteiger partial charge in [-0.3, -0.25) is 0 Å². The molecule has 0 saturated heterocycles. The third kappa shape index (κ3) is 11.2. The molecule has 0 aliphatic rings. The molecule has 3 N–H and O–H groups in total. The predicted octanol–water partition coefficient (Wildman–Crippen LogP) is -0.330. The lowest BCUT2D eigenvalue weighted by atomic mass is 10.5. The highest BCUT2D eigenvalue weighted by atomic mass is 16.5. The monoisotopic (exact) mass is 207 g/mol. The summed E-state index contributed by atoms with van der Waals surface area (Å²) in [5, 5.41) is 18.8. The molecule has 0 fully saturated rings. The van der Waals surface area contributed by atoms with Gasteiger partial charge in [0, 0.05) is 19.8 Å². The van der Waals surface area contributed by atoms with Crippen LogP contribution in [-0.2, 0) is 9.47 Å². The summed E-state index contributed by atoms with van der Waals surface area (Å²) in [6.45, 7) is 2.18. The van der Waals surface area contributed by atoms with E-state index in [0.717, 1.165) is 0 Å². The van der Waals surface area contributed by atoms with E-state index in [2.05, 4.69) is 5.32 Å². The molecule has 0 heterocycles. The Balaban J connectivity index is 2.88. The Hall–Kier alpha value is -0.850. The van der Waals surface area contributed by atoms with Crippen molar-refractivity contribution >= 4 is 6.09 Å². The maximum atomic E-state index is 9.99. The van der Waals surface area contributed by atoms with E-state index in [9.17, 15) is 4.79 Å². The Kier molecular flexibility index (Phi) is 9.61. The largest absolute Gasteiger partial charge is 0.465 e. The predicted molar refractivity (Wildman–Crippen MR) is 49.4 cm³/mol. The van der Waals surface area contributed by atoms with E-state index in [4.69, 9.17) is 19.7 Å². The number of hydrogen-bond donors (Lipinski definition) is 3. The molecule has 0 aromatic carbocycles. The highest BCUT2D eigenvalue weighted by Gasteiger charge is 1.93. The van der Waals surface area contributed by atoms with Crippen LogP contribution >= 0.6 is 0 Å². The molecule has 0 atom stereocenters. The lowest BCUT2D eigenvalue weighted by Gasteiger charge is -2.04. The van der Waals surface area contributed by atoms with Crippen LogP contribution in [-0.4, -0.2) is 55.9 Å². The minimum atomic E-state index is -1.05. The topological polar surface area (TPSA) is 88.0 Å². The zero-order chi connectivity index (χ0) is 10.6. The highest BCUT2D eigenvalue weighted by Crippen LogP contribution is 1.82. The summed E-state index contributed by atoms with van der Waals surface area (Å²) in [5.41, 5.74) is 0. The van der Waals surface area contributed by atoms with Crippen LogP contribution in [0.25, 0.3) is 0 Å². The van der Waals surface area contributed by atoms with Gasteiger partial charge in [-0.1, -0.05) is 0 Å². The Morgan fingerprint density at radius 1 is 1.14 bits per heavy atom. The Morgan fingerprint density at radius 3 is 2.36 bits per heavy atom.